The first-order valence-corrected chi connectivity index (χ1v) is 12.7. The summed E-state index contributed by atoms with van der Waals surface area (Å²) < 4.78 is 0. The maximum atomic E-state index is 13.5. The molecule has 0 saturated heterocycles. The van der Waals surface area contributed by atoms with Crippen molar-refractivity contribution in [2.24, 2.45) is 0 Å². The minimum absolute atomic E-state index is 0.0714. The van der Waals surface area contributed by atoms with Gasteiger partial charge in [-0.25, -0.2) is 0 Å². The lowest BCUT2D eigenvalue weighted by Gasteiger charge is -2.29. The van der Waals surface area contributed by atoms with Crippen molar-refractivity contribution in [2.75, 3.05) is 0 Å². The number of rotatable bonds is 7. The Morgan fingerprint density at radius 3 is 1.70 bits per heavy atom. The summed E-state index contributed by atoms with van der Waals surface area (Å²) in [6.45, 7) is 0. The Bertz CT molecular complexity index is 1310. The maximum Gasteiger partial charge on any atom is 0.163 e. The van der Waals surface area contributed by atoms with E-state index in [4.69, 9.17) is 0 Å². The summed E-state index contributed by atoms with van der Waals surface area (Å²) in [4.78, 5) is 13.5. The second-order valence-corrected chi connectivity index (χ2v) is 10.6. The molecule has 5 rings (SSSR count). The molecule has 0 unspecified atom stereocenters. The Labute approximate surface area is 196 Å². The van der Waals surface area contributed by atoms with Gasteiger partial charge in [0.15, 0.2) is 5.78 Å². The van der Waals surface area contributed by atoms with Gasteiger partial charge in [-0.2, -0.15) is 0 Å². The molecule has 160 valence electrons. The molecular weight excluding hydrogens is 419 g/mol. The smallest absolute Gasteiger partial charge is 0.163 e. The second-order valence-electron chi connectivity index (χ2n) is 8.16. The van der Waals surface area contributed by atoms with Gasteiger partial charge >= 0.3 is 0 Å². The molecule has 0 heterocycles. The lowest BCUT2D eigenvalue weighted by Crippen LogP contribution is -2.19. The van der Waals surface area contributed by atoms with Crippen molar-refractivity contribution in [2.45, 2.75) is 12.1 Å². The molecule has 0 bridgehead atoms. The Morgan fingerprint density at radius 2 is 1.09 bits per heavy atom. The fourth-order valence-electron chi connectivity index (χ4n) is 4.38. The quantitative estimate of drug-likeness (QED) is 0.190. The fourth-order valence-corrected chi connectivity index (χ4v) is 7.19. The van der Waals surface area contributed by atoms with Gasteiger partial charge in [0.2, 0.25) is 0 Å². The highest BCUT2D eigenvalue weighted by molar-refractivity contribution is 7.73. The van der Waals surface area contributed by atoms with E-state index in [1.807, 2.05) is 30.3 Å². The van der Waals surface area contributed by atoms with Gasteiger partial charge in [-0.3, -0.25) is 4.79 Å². The number of fused-ring (bicyclic) bond motifs is 1. The predicted octanol–water partition coefficient (Wildman–Crippen LogP) is 7.29. The number of carbonyl (C=O) groups is 1. The highest BCUT2D eigenvalue weighted by Crippen LogP contribution is 2.52. The van der Waals surface area contributed by atoms with Gasteiger partial charge in [0.05, 0.1) is 0 Å². The van der Waals surface area contributed by atoms with E-state index in [1.54, 1.807) is 0 Å². The lowest BCUT2D eigenvalue weighted by molar-refractivity contribution is 0.0981. The van der Waals surface area contributed by atoms with Gasteiger partial charge in [0.25, 0.3) is 0 Å². The van der Waals surface area contributed by atoms with E-state index in [9.17, 15) is 4.79 Å². The summed E-state index contributed by atoms with van der Waals surface area (Å²) in [5.74, 6) is 0.188. The standard InChI is InChI=1S/C31H25OP/c32-30(25-13-4-1-5-14-25)23-31(27-21-20-24-12-10-11-15-26(24)22-27)33(28-16-6-2-7-17-28)29-18-8-3-9-19-29/h1-22,31H,23H2/t31-/m0/s1. The molecular formula is C31H25OP. The first-order chi connectivity index (χ1) is 16.3. The molecule has 0 aliphatic rings. The molecule has 5 aromatic rings. The molecule has 5 aromatic carbocycles. The van der Waals surface area contributed by atoms with Crippen molar-refractivity contribution >= 4 is 35.1 Å². The van der Waals surface area contributed by atoms with Crippen LogP contribution in [0, 0.1) is 0 Å². The van der Waals surface area contributed by atoms with E-state index in [0.29, 0.717) is 6.42 Å². The van der Waals surface area contributed by atoms with E-state index < -0.39 is 7.92 Å². The van der Waals surface area contributed by atoms with Crippen LogP contribution in [-0.2, 0) is 0 Å². The van der Waals surface area contributed by atoms with Crippen LogP contribution < -0.4 is 10.6 Å². The number of hydrogen-bond acceptors (Lipinski definition) is 1. The number of hydrogen-bond donors (Lipinski definition) is 0. The zero-order valence-electron chi connectivity index (χ0n) is 18.3. The molecule has 1 atom stereocenters. The predicted molar refractivity (Wildman–Crippen MR) is 141 cm³/mol. The molecule has 0 saturated carbocycles. The van der Waals surface area contributed by atoms with Gasteiger partial charge in [-0.05, 0) is 34.9 Å². The van der Waals surface area contributed by atoms with Crippen LogP contribution in [0.1, 0.15) is 28.0 Å². The van der Waals surface area contributed by atoms with Crippen LogP contribution in [0.25, 0.3) is 10.8 Å². The van der Waals surface area contributed by atoms with Crippen molar-refractivity contribution in [3.05, 3.63) is 145 Å². The van der Waals surface area contributed by atoms with Crippen LogP contribution in [0.2, 0.25) is 0 Å². The summed E-state index contributed by atoms with van der Waals surface area (Å²) in [7, 11) is -0.790. The maximum absolute atomic E-state index is 13.5. The van der Waals surface area contributed by atoms with Gasteiger partial charge in [0.1, 0.15) is 0 Å². The second kappa shape index (κ2) is 9.94. The number of benzene rings is 5. The highest BCUT2D eigenvalue weighted by atomic mass is 31.1. The topological polar surface area (TPSA) is 17.1 Å². The Balaban J connectivity index is 1.65. The van der Waals surface area contributed by atoms with Gasteiger partial charge in [-0.1, -0.05) is 133 Å². The summed E-state index contributed by atoms with van der Waals surface area (Å²) >= 11 is 0. The zero-order chi connectivity index (χ0) is 22.5. The van der Waals surface area contributed by atoms with Crippen LogP contribution in [-0.4, -0.2) is 5.78 Å². The van der Waals surface area contributed by atoms with Crippen molar-refractivity contribution in [1.82, 2.24) is 0 Å². The summed E-state index contributed by atoms with van der Waals surface area (Å²) in [6.07, 6.45) is 0.470. The van der Waals surface area contributed by atoms with Crippen molar-refractivity contribution in [1.29, 1.82) is 0 Å². The van der Waals surface area contributed by atoms with Gasteiger partial charge < -0.3 is 0 Å². The average molecular weight is 445 g/mol. The van der Waals surface area contributed by atoms with Gasteiger partial charge in [0, 0.05) is 17.6 Å². The van der Waals surface area contributed by atoms with E-state index in [0.717, 1.165) is 5.56 Å². The highest BCUT2D eigenvalue weighted by Gasteiger charge is 2.29. The molecule has 0 aromatic heterocycles. The van der Waals surface area contributed by atoms with Crippen LogP contribution in [0.3, 0.4) is 0 Å². The van der Waals surface area contributed by atoms with E-state index >= 15 is 0 Å². The first-order valence-electron chi connectivity index (χ1n) is 11.3. The minimum atomic E-state index is -0.790. The van der Waals surface area contributed by atoms with Crippen molar-refractivity contribution < 1.29 is 4.79 Å². The molecule has 0 spiro atoms. The van der Waals surface area contributed by atoms with E-state index in [-0.39, 0.29) is 11.4 Å². The lowest BCUT2D eigenvalue weighted by atomic mass is 10.00. The molecule has 2 heteroatoms. The van der Waals surface area contributed by atoms with Crippen molar-refractivity contribution in [3.8, 4) is 0 Å². The van der Waals surface area contributed by atoms with E-state index in [1.165, 1.54) is 26.9 Å². The third-order valence-electron chi connectivity index (χ3n) is 6.01. The molecule has 33 heavy (non-hydrogen) atoms. The molecule has 0 amide bonds. The van der Waals surface area contributed by atoms with Gasteiger partial charge in [-0.15, -0.1) is 0 Å². The van der Waals surface area contributed by atoms with Crippen LogP contribution >= 0.6 is 7.92 Å². The summed E-state index contributed by atoms with van der Waals surface area (Å²) in [6, 6.07) is 46.2. The van der Waals surface area contributed by atoms with Crippen LogP contribution in [0.5, 0.6) is 0 Å². The normalized spacial score (nSPS) is 12.0. The molecule has 0 fully saturated rings. The number of carbonyl (C=O) groups excluding carboxylic acids is 1. The summed E-state index contributed by atoms with van der Waals surface area (Å²) in [5, 5.41) is 5.01. The molecule has 0 radical (unpaired) electrons. The molecule has 0 N–H and O–H groups in total. The molecule has 0 aliphatic carbocycles. The Morgan fingerprint density at radius 1 is 0.576 bits per heavy atom. The number of ketones is 1. The number of Topliss-reactive ketones (excluding diaryl/α,β-unsaturated/α-hetero) is 1. The van der Waals surface area contributed by atoms with E-state index in [2.05, 4.69) is 103 Å². The first kappa shape index (κ1) is 21.3. The SMILES string of the molecule is O=C(C[C@@H](c1ccc2ccccc2c1)P(c1ccccc1)c1ccccc1)c1ccccc1. The van der Waals surface area contributed by atoms with Crippen LogP contribution in [0.15, 0.2) is 133 Å². The zero-order valence-corrected chi connectivity index (χ0v) is 19.2. The third kappa shape index (κ3) is 4.80. The Hall–Kier alpha value is -3.54. The summed E-state index contributed by atoms with van der Waals surface area (Å²) in [5.41, 5.74) is 2.07. The minimum Gasteiger partial charge on any atom is -0.294 e. The fraction of sp³-hybridized carbons (Fsp3) is 0.0645. The largest absolute Gasteiger partial charge is 0.294 e. The molecule has 1 nitrogen and oxygen atoms in total. The molecule has 0 aliphatic heterocycles. The Kier molecular flexibility index (Phi) is 6.42. The van der Waals surface area contributed by atoms with Crippen LogP contribution in [0.4, 0.5) is 0 Å². The average Bonchev–Trinajstić information content (AvgIpc) is 2.90. The monoisotopic (exact) mass is 444 g/mol. The van der Waals surface area contributed by atoms with Crippen molar-refractivity contribution in [3.63, 3.8) is 0 Å². The third-order valence-corrected chi connectivity index (χ3v) is 8.83.